The predicted molar refractivity (Wildman–Crippen MR) is 152 cm³/mol. The van der Waals surface area contributed by atoms with Crippen molar-refractivity contribution in [3.05, 3.63) is 102 Å². The third kappa shape index (κ3) is 8.18. The molecule has 0 radical (unpaired) electrons. The summed E-state index contributed by atoms with van der Waals surface area (Å²) >= 11 is 0. The minimum atomic E-state index is -3.78. The highest BCUT2D eigenvalue weighted by Gasteiger charge is 2.33. The van der Waals surface area contributed by atoms with Crippen LogP contribution in [0.25, 0.3) is 0 Å². The lowest BCUT2D eigenvalue weighted by molar-refractivity contribution is -0.140. The van der Waals surface area contributed by atoms with Gasteiger partial charge in [-0.05, 0) is 49.1 Å². The fraction of sp³-hybridized carbons (Fsp3) is 0.333. The van der Waals surface area contributed by atoms with E-state index in [9.17, 15) is 18.0 Å². The molecular weight excluding hydrogens is 498 g/mol. The third-order valence-electron chi connectivity index (χ3n) is 6.44. The van der Waals surface area contributed by atoms with Gasteiger partial charge in [-0.2, -0.15) is 0 Å². The van der Waals surface area contributed by atoms with Crippen LogP contribution in [0.4, 0.5) is 5.69 Å². The van der Waals surface area contributed by atoms with Gasteiger partial charge in [-0.25, -0.2) is 8.42 Å². The van der Waals surface area contributed by atoms with Crippen LogP contribution in [0.3, 0.4) is 0 Å². The van der Waals surface area contributed by atoms with Gasteiger partial charge in [0, 0.05) is 19.0 Å². The van der Waals surface area contributed by atoms with Gasteiger partial charge in [0.25, 0.3) is 0 Å². The van der Waals surface area contributed by atoms with E-state index in [1.54, 1.807) is 18.2 Å². The molecule has 0 heterocycles. The Kier molecular flexibility index (Phi) is 10.1. The van der Waals surface area contributed by atoms with E-state index in [1.807, 2.05) is 87.5 Å². The minimum Gasteiger partial charge on any atom is -0.352 e. The van der Waals surface area contributed by atoms with Crippen LogP contribution in [0.2, 0.25) is 0 Å². The Labute approximate surface area is 226 Å². The molecule has 0 fully saturated rings. The molecule has 0 aromatic heterocycles. The summed E-state index contributed by atoms with van der Waals surface area (Å²) in [6.07, 6.45) is 2.12. The summed E-state index contributed by atoms with van der Waals surface area (Å²) in [7, 11) is -3.78. The number of carbonyl (C=O) groups excluding carboxylic acids is 2. The van der Waals surface area contributed by atoms with Gasteiger partial charge in [-0.3, -0.25) is 13.9 Å². The number of nitrogens with zero attached hydrogens (tertiary/aromatic N) is 2. The van der Waals surface area contributed by atoms with E-state index in [0.29, 0.717) is 12.1 Å². The molecule has 8 heteroatoms. The first kappa shape index (κ1) is 28.9. The van der Waals surface area contributed by atoms with Gasteiger partial charge in [0.2, 0.25) is 21.8 Å². The molecule has 1 N–H and O–H groups in total. The zero-order valence-corrected chi connectivity index (χ0v) is 23.3. The van der Waals surface area contributed by atoms with Gasteiger partial charge < -0.3 is 10.2 Å². The SMILES string of the molecule is CCC(C)NC(=O)C(Cc1ccccc1)N(Cc1ccccc1)C(=O)CN(c1cccc(C)c1)S(C)(=O)=O. The molecule has 2 unspecified atom stereocenters. The standard InChI is InChI=1S/C30H37N3O4S/c1-5-24(3)31-30(35)28(20-25-14-8-6-9-15-25)32(21-26-16-10-7-11-17-26)29(34)22-33(38(4,36)37)27-18-12-13-23(2)19-27/h6-19,24,28H,5,20-22H2,1-4H3,(H,31,35). The van der Waals surface area contributed by atoms with Crippen molar-refractivity contribution >= 4 is 27.5 Å². The van der Waals surface area contributed by atoms with Crippen LogP contribution >= 0.6 is 0 Å². The first-order valence-corrected chi connectivity index (χ1v) is 14.7. The van der Waals surface area contributed by atoms with Crippen LogP contribution in [-0.4, -0.2) is 50.0 Å². The van der Waals surface area contributed by atoms with E-state index < -0.39 is 28.5 Å². The summed E-state index contributed by atoms with van der Waals surface area (Å²) in [5.41, 5.74) is 3.03. The second-order valence-corrected chi connectivity index (χ2v) is 11.5. The highest BCUT2D eigenvalue weighted by molar-refractivity contribution is 7.92. The molecule has 0 aliphatic heterocycles. The molecule has 0 saturated carbocycles. The van der Waals surface area contributed by atoms with Crippen molar-refractivity contribution in [3.8, 4) is 0 Å². The monoisotopic (exact) mass is 535 g/mol. The molecule has 7 nitrogen and oxygen atoms in total. The van der Waals surface area contributed by atoms with Gasteiger partial charge in [-0.1, -0.05) is 79.7 Å². The van der Waals surface area contributed by atoms with E-state index in [0.717, 1.165) is 33.7 Å². The fourth-order valence-corrected chi connectivity index (χ4v) is 5.01. The number of amides is 2. The second kappa shape index (κ2) is 13.2. The molecule has 0 bridgehead atoms. The fourth-order valence-electron chi connectivity index (χ4n) is 4.17. The van der Waals surface area contributed by atoms with Gasteiger partial charge in [0.05, 0.1) is 11.9 Å². The molecule has 38 heavy (non-hydrogen) atoms. The summed E-state index contributed by atoms with van der Waals surface area (Å²) in [6.45, 7) is 5.51. The molecule has 0 aliphatic rings. The molecule has 2 amide bonds. The van der Waals surface area contributed by atoms with Gasteiger partial charge in [0.15, 0.2) is 0 Å². The van der Waals surface area contributed by atoms with Crippen LogP contribution in [0.1, 0.15) is 37.0 Å². The average molecular weight is 536 g/mol. The van der Waals surface area contributed by atoms with Crippen molar-refractivity contribution < 1.29 is 18.0 Å². The van der Waals surface area contributed by atoms with Gasteiger partial charge in [0.1, 0.15) is 12.6 Å². The minimum absolute atomic E-state index is 0.0748. The van der Waals surface area contributed by atoms with Crippen molar-refractivity contribution in [1.82, 2.24) is 10.2 Å². The zero-order valence-electron chi connectivity index (χ0n) is 22.5. The highest BCUT2D eigenvalue weighted by atomic mass is 32.2. The average Bonchev–Trinajstić information content (AvgIpc) is 2.89. The van der Waals surface area contributed by atoms with E-state index in [2.05, 4.69) is 5.32 Å². The van der Waals surface area contributed by atoms with Crippen molar-refractivity contribution in [2.24, 2.45) is 0 Å². The lowest BCUT2D eigenvalue weighted by Gasteiger charge is -2.34. The first-order chi connectivity index (χ1) is 18.1. The zero-order chi connectivity index (χ0) is 27.7. The topological polar surface area (TPSA) is 86.8 Å². The number of rotatable bonds is 12. The third-order valence-corrected chi connectivity index (χ3v) is 7.58. The molecule has 202 valence electrons. The quantitative estimate of drug-likeness (QED) is 0.374. The number of nitrogens with one attached hydrogen (secondary N) is 1. The van der Waals surface area contributed by atoms with E-state index >= 15 is 0 Å². The number of hydrogen-bond acceptors (Lipinski definition) is 4. The Hall–Kier alpha value is -3.65. The Balaban J connectivity index is 2.04. The van der Waals surface area contributed by atoms with Crippen molar-refractivity contribution in [2.75, 3.05) is 17.1 Å². The van der Waals surface area contributed by atoms with Gasteiger partial charge in [-0.15, -0.1) is 0 Å². The maximum absolute atomic E-state index is 14.0. The summed E-state index contributed by atoms with van der Waals surface area (Å²) < 4.78 is 26.7. The number of anilines is 1. The normalized spacial score (nSPS) is 12.8. The molecule has 0 aliphatic carbocycles. The second-order valence-electron chi connectivity index (χ2n) is 9.64. The molecule has 0 saturated heterocycles. The predicted octanol–water partition coefficient (Wildman–Crippen LogP) is 4.32. The van der Waals surface area contributed by atoms with Crippen LogP contribution in [0, 0.1) is 6.92 Å². The molecule has 3 aromatic rings. The first-order valence-electron chi connectivity index (χ1n) is 12.8. The number of benzene rings is 3. The summed E-state index contributed by atoms with van der Waals surface area (Å²) in [5, 5.41) is 3.03. The summed E-state index contributed by atoms with van der Waals surface area (Å²) in [5.74, 6) is -0.727. The van der Waals surface area contributed by atoms with Crippen LogP contribution in [0.15, 0.2) is 84.9 Å². The number of sulfonamides is 1. The molecular formula is C30H37N3O4S. The van der Waals surface area contributed by atoms with Crippen LogP contribution in [0.5, 0.6) is 0 Å². The maximum atomic E-state index is 14.0. The smallest absolute Gasteiger partial charge is 0.244 e. The summed E-state index contributed by atoms with van der Waals surface area (Å²) in [6, 6.07) is 25.0. The number of hydrogen-bond donors (Lipinski definition) is 1. The van der Waals surface area contributed by atoms with Crippen molar-refractivity contribution in [1.29, 1.82) is 0 Å². The lowest BCUT2D eigenvalue weighted by atomic mass is 10.0. The van der Waals surface area contributed by atoms with E-state index in [1.165, 1.54) is 4.90 Å². The number of aryl methyl sites for hydroxylation is 1. The molecule has 3 aromatic carbocycles. The molecule has 2 atom stereocenters. The van der Waals surface area contributed by atoms with Crippen molar-refractivity contribution in [2.45, 2.75) is 52.2 Å². The van der Waals surface area contributed by atoms with E-state index in [4.69, 9.17) is 0 Å². The molecule has 0 spiro atoms. The maximum Gasteiger partial charge on any atom is 0.244 e. The largest absolute Gasteiger partial charge is 0.352 e. The Morgan fingerprint density at radius 3 is 2.05 bits per heavy atom. The van der Waals surface area contributed by atoms with Crippen LogP contribution in [-0.2, 0) is 32.6 Å². The van der Waals surface area contributed by atoms with Gasteiger partial charge >= 0.3 is 0 Å². The lowest BCUT2D eigenvalue weighted by Crippen LogP contribution is -2.54. The summed E-state index contributed by atoms with van der Waals surface area (Å²) in [4.78, 5) is 29.1. The Morgan fingerprint density at radius 1 is 0.895 bits per heavy atom. The Morgan fingerprint density at radius 2 is 1.50 bits per heavy atom. The highest BCUT2D eigenvalue weighted by Crippen LogP contribution is 2.21. The van der Waals surface area contributed by atoms with Crippen LogP contribution < -0.4 is 9.62 Å². The molecule has 3 rings (SSSR count). The Bertz CT molecular complexity index is 1310. The van der Waals surface area contributed by atoms with E-state index in [-0.39, 0.29) is 18.5 Å². The van der Waals surface area contributed by atoms with Crippen molar-refractivity contribution in [3.63, 3.8) is 0 Å². The number of carbonyl (C=O) groups is 2.